The van der Waals surface area contributed by atoms with E-state index in [9.17, 15) is 9.59 Å². The molecule has 0 aliphatic heterocycles. The molecule has 152 valence electrons. The standard InChI is InChI=1S/C26H25NO3/c1-19(2)25(28)22(17-20-11-5-3-6-12-20)26(29)27-23-15-9-10-16-24(23)30-18-21-13-7-4-8-14-21/h3-17,19H,18H2,1-2H3,(H,27,29)/b22-17+. The summed E-state index contributed by atoms with van der Waals surface area (Å²) < 4.78 is 5.91. The van der Waals surface area contributed by atoms with Crippen molar-refractivity contribution in [1.29, 1.82) is 0 Å². The van der Waals surface area contributed by atoms with Gasteiger partial charge in [-0.05, 0) is 29.3 Å². The molecule has 0 unspecified atom stereocenters. The van der Waals surface area contributed by atoms with E-state index < -0.39 is 5.91 Å². The molecule has 0 aliphatic rings. The van der Waals surface area contributed by atoms with Gasteiger partial charge in [0, 0.05) is 5.92 Å². The molecule has 0 atom stereocenters. The molecule has 0 saturated heterocycles. The van der Waals surface area contributed by atoms with Gasteiger partial charge in [-0.2, -0.15) is 0 Å². The van der Waals surface area contributed by atoms with Crippen molar-refractivity contribution in [3.8, 4) is 5.75 Å². The molecule has 3 aromatic carbocycles. The largest absolute Gasteiger partial charge is 0.487 e. The summed E-state index contributed by atoms with van der Waals surface area (Å²) in [5.41, 5.74) is 2.46. The minimum Gasteiger partial charge on any atom is -0.487 e. The van der Waals surface area contributed by atoms with Crippen LogP contribution in [0.2, 0.25) is 0 Å². The number of ketones is 1. The molecular formula is C26H25NO3. The van der Waals surface area contributed by atoms with Crippen molar-refractivity contribution < 1.29 is 14.3 Å². The van der Waals surface area contributed by atoms with Gasteiger partial charge in [0.2, 0.25) is 0 Å². The Hall–Kier alpha value is -3.66. The first-order valence-electron chi connectivity index (χ1n) is 9.92. The fourth-order valence-corrected chi connectivity index (χ4v) is 2.90. The first-order chi connectivity index (χ1) is 14.5. The highest BCUT2D eigenvalue weighted by molar-refractivity contribution is 6.26. The zero-order valence-corrected chi connectivity index (χ0v) is 17.2. The molecule has 0 saturated carbocycles. The summed E-state index contributed by atoms with van der Waals surface area (Å²) in [7, 11) is 0. The maximum absolute atomic E-state index is 13.0. The summed E-state index contributed by atoms with van der Waals surface area (Å²) in [6.07, 6.45) is 1.63. The molecule has 0 bridgehead atoms. The normalized spacial score (nSPS) is 11.2. The number of amides is 1. The van der Waals surface area contributed by atoms with Crippen LogP contribution in [0.25, 0.3) is 6.08 Å². The van der Waals surface area contributed by atoms with Crippen LogP contribution in [-0.4, -0.2) is 11.7 Å². The van der Waals surface area contributed by atoms with Crippen molar-refractivity contribution in [2.45, 2.75) is 20.5 Å². The van der Waals surface area contributed by atoms with Gasteiger partial charge in [0.1, 0.15) is 12.4 Å². The Morgan fingerprint density at radius 2 is 1.47 bits per heavy atom. The first-order valence-corrected chi connectivity index (χ1v) is 9.92. The zero-order valence-electron chi connectivity index (χ0n) is 17.2. The fraction of sp³-hybridized carbons (Fsp3) is 0.154. The molecule has 0 fully saturated rings. The maximum Gasteiger partial charge on any atom is 0.259 e. The molecule has 3 aromatic rings. The van der Waals surface area contributed by atoms with Gasteiger partial charge < -0.3 is 10.1 Å². The summed E-state index contributed by atoms with van der Waals surface area (Å²) in [5.74, 6) is -0.409. The Morgan fingerprint density at radius 3 is 2.13 bits per heavy atom. The van der Waals surface area contributed by atoms with Gasteiger partial charge in [-0.15, -0.1) is 0 Å². The van der Waals surface area contributed by atoms with Crippen molar-refractivity contribution in [2.75, 3.05) is 5.32 Å². The van der Waals surface area contributed by atoms with Gasteiger partial charge in [0.05, 0.1) is 11.3 Å². The summed E-state index contributed by atoms with van der Waals surface area (Å²) >= 11 is 0. The van der Waals surface area contributed by atoms with E-state index in [1.807, 2.05) is 72.8 Å². The van der Waals surface area contributed by atoms with E-state index in [4.69, 9.17) is 4.74 Å². The van der Waals surface area contributed by atoms with Crippen LogP contribution in [0, 0.1) is 5.92 Å². The number of anilines is 1. The highest BCUT2D eigenvalue weighted by atomic mass is 16.5. The van der Waals surface area contributed by atoms with Crippen LogP contribution < -0.4 is 10.1 Å². The monoisotopic (exact) mass is 399 g/mol. The van der Waals surface area contributed by atoms with E-state index >= 15 is 0 Å². The van der Waals surface area contributed by atoms with Crippen LogP contribution >= 0.6 is 0 Å². The predicted molar refractivity (Wildman–Crippen MR) is 120 cm³/mol. The number of para-hydroxylation sites is 2. The van der Waals surface area contributed by atoms with Gasteiger partial charge in [0.25, 0.3) is 5.91 Å². The number of Topliss-reactive ketones (excluding diaryl/α,β-unsaturated/α-hetero) is 1. The number of hydrogen-bond acceptors (Lipinski definition) is 3. The molecule has 1 amide bonds. The van der Waals surface area contributed by atoms with Crippen molar-refractivity contribution in [2.24, 2.45) is 5.92 Å². The molecule has 4 heteroatoms. The number of ether oxygens (including phenoxy) is 1. The third-order valence-corrected chi connectivity index (χ3v) is 4.52. The van der Waals surface area contributed by atoms with Gasteiger partial charge in [-0.1, -0.05) is 86.6 Å². The summed E-state index contributed by atoms with van der Waals surface area (Å²) in [4.78, 5) is 25.7. The Bertz CT molecular complexity index is 1020. The van der Waals surface area contributed by atoms with Gasteiger partial charge in [-0.3, -0.25) is 9.59 Å². The average Bonchev–Trinajstić information content (AvgIpc) is 2.77. The quantitative estimate of drug-likeness (QED) is 0.309. The third kappa shape index (κ3) is 5.67. The molecule has 30 heavy (non-hydrogen) atoms. The first kappa shape index (κ1) is 21.1. The molecular weight excluding hydrogens is 374 g/mol. The minimum atomic E-state index is -0.451. The van der Waals surface area contributed by atoms with Gasteiger partial charge >= 0.3 is 0 Å². The topological polar surface area (TPSA) is 55.4 Å². The minimum absolute atomic E-state index is 0.120. The van der Waals surface area contributed by atoms with E-state index in [1.165, 1.54) is 0 Å². The molecule has 4 nitrogen and oxygen atoms in total. The number of hydrogen-bond donors (Lipinski definition) is 1. The lowest BCUT2D eigenvalue weighted by Gasteiger charge is -2.14. The molecule has 0 spiro atoms. The SMILES string of the molecule is CC(C)C(=O)/C(=C\c1ccccc1)C(=O)Nc1ccccc1OCc1ccccc1. The van der Waals surface area contributed by atoms with E-state index in [0.717, 1.165) is 11.1 Å². The Balaban J connectivity index is 1.82. The molecule has 1 N–H and O–H groups in total. The molecule has 0 aromatic heterocycles. The second-order valence-corrected chi connectivity index (χ2v) is 7.21. The summed E-state index contributed by atoms with van der Waals surface area (Å²) in [6, 6.07) is 26.4. The lowest BCUT2D eigenvalue weighted by molar-refractivity contribution is -0.121. The van der Waals surface area contributed by atoms with E-state index in [-0.39, 0.29) is 17.3 Å². The Kier molecular flexibility index (Phi) is 7.17. The number of carbonyl (C=O) groups is 2. The highest BCUT2D eigenvalue weighted by Gasteiger charge is 2.22. The predicted octanol–water partition coefficient (Wildman–Crippen LogP) is 5.51. The van der Waals surface area contributed by atoms with Crippen LogP contribution in [0.4, 0.5) is 5.69 Å². The van der Waals surface area contributed by atoms with Crippen LogP contribution in [0.1, 0.15) is 25.0 Å². The second-order valence-electron chi connectivity index (χ2n) is 7.21. The van der Waals surface area contributed by atoms with E-state index in [1.54, 1.807) is 32.1 Å². The molecule has 0 heterocycles. The van der Waals surface area contributed by atoms with Gasteiger partial charge in [-0.25, -0.2) is 0 Å². The third-order valence-electron chi connectivity index (χ3n) is 4.52. The maximum atomic E-state index is 13.0. The lowest BCUT2D eigenvalue weighted by atomic mass is 9.98. The molecule has 0 aliphatic carbocycles. The number of benzene rings is 3. The average molecular weight is 399 g/mol. The van der Waals surface area contributed by atoms with Crippen molar-refractivity contribution in [3.05, 3.63) is 102 Å². The van der Waals surface area contributed by atoms with Crippen molar-refractivity contribution >= 4 is 23.5 Å². The highest BCUT2D eigenvalue weighted by Crippen LogP contribution is 2.26. The van der Waals surface area contributed by atoms with Crippen LogP contribution in [0.15, 0.2) is 90.5 Å². The second kappa shape index (κ2) is 10.2. The van der Waals surface area contributed by atoms with E-state index in [2.05, 4.69) is 5.32 Å². The number of rotatable bonds is 8. The van der Waals surface area contributed by atoms with E-state index in [0.29, 0.717) is 18.0 Å². The lowest BCUT2D eigenvalue weighted by Crippen LogP contribution is -2.23. The Morgan fingerprint density at radius 1 is 0.867 bits per heavy atom. The fourth-order valence-electron chi connectivity index (χ4n) is 2.90. The van der Waals surface area contributed by atoms with Crippen LogP contribution in [0.3, 0.4) is 0 Å². The zero-order chi connectivity index (χ0) is 21.3. The number of carbonyl (C=O) groups excluding carboxylic acids is 2. The molecule has 3 rings (SSSR count). The smallest absolute Gasteiger partial charge is 0.259 e. The van der Waals surface area contributed by atoms with Gasteiger partial charge in [0.15, 0.2) is 5.78 Å². The summed E-state index contributed by atoms with van der Waals surface area (Å²) in [6.45, 7) is 3.95. The van der Waals surface area contributed by atoms with Crippen molar-refractivity contribution in [1.82, 2.24) is 0 Å². The summed E-state index contributed by atoms with van der Waals surface area (Å²) in [5, 5.41) is 2.85. The number of nitrogens with one attached hydrogen (secondary N) is 1. The Labute approximate surface area is 177 Å². The van der Waals surface area contributed by atoms with Crippen molar-refractivity contribution in [3.63, 3.8) is 0 Å². The van der Waals surface area contributed by atoms with Crippen LogP contribution in [-0.2, 0) is 16.2 Å². The molecule has 0 radical (unpaired) electrons. The van der Waals surface area contributed by atoms with Crippen LogP contribution in [0.5, 0.6) is 5.75 Å².